The number of aryl methyl sites for hydroxylation is 1. The van der Waals surface area contributed by atoms with E-state index in [1.54, 1.807) is 0 Å². The van der Waals surface area contributed by atoms with Crippen LogP contribution in [0, 0.1) is 6.92 Å². The van der Waals surface area contributed by atoms with E-state index in [-0.39, 0.29) is 6.04 Å². The predicted molar refractivity (Wildman–Crippen MR) is 66.4 cm³/mol. The van der Waals surface area contributed by atoms with Crippen molar-refractivity contribution in [3.05, 3.63) is 46.2 Å². The molecule has 0 aromatic heterocycles. The minimum Gasteiger partial charge on any atom is -0.501 e. The lowest BCUT2D eigenvalue weighted by molar-refractivity contribution is 0.221. The summed E-state index contributed by atoms with van der Waals surface area (Å²) in [6.45, 7) is 2.83. The highest BCUT2D eigenvalue weighted by Gasteiger charge is 2.16. The van der Waals surface area contributed by atoms with E-state index >= 15 is 0 Å². The molecule has 1 aliphatic heterocycles. The highest BCUT2D eigenvalue weighted by Crippen LogP contribution is 2.28. The lowest BCUT2D eigenvalue weighted by Crippen LogP contribution is -2.17. The molecule has 1 aliphatic rings. The molecule has 86 valence electrons. The Morgan fingerprint density at radius 2 is 2.25 bits per heavy atom. The number of ether oxygens (including phenoxy) is 1. The van der Waals surface area contributed by atoms with E-state index in [0.717, 1.165) is 41.2 Å². The Labute approximate surface area is 101 Å². The molecule has 2 rings (SSSR count). The number of nitrogens with two attached hydrogens (primary N) is 1. The topological polar surface area (TPSA) is 35.2 Å². The Bertz CT molecular complexity index is 414. The average molecular weight is 238 g/mol. The summed E-state index contributed by atoms with van der Waals surface area (Å²) in [6, 6.07) is 5.75. The third kappa shape index (κ3) is 2.39. The molecule has 2 nitrogen and oxygen atoms in total. The molecule has 1 heterocycles. The van der Waals surface area contributed by atoms with E-state index in [0.29, 0.717) is 0 Å². The lowest BCUT2D eigenvalue weighted by Gasteiger charge is -2.21. The van der Waals surface area contributed by atoms with Gasteiger partial charge < -0.3 is 10.5 Å². The van der Waals surface area contributed by atoms with Crippen LogP contribution in [0.3, 0.4) is 0 Å². The SMILES string of the molecule is Cc1cc(Cl)ccc1C(N)C1=COCCC1. The molecule has 0 saturated carbocycles. The first-order valence-corrected chi connectivity index (χ1v) is 5.88. The molecule has 3 heteroatoms. The minimum absolute atomic E-state index is 0.0717. The maximum Gasteiger partial charge on any atom is 0.0876 e. The van der Waals surface area contributed by atoms with Crippen LogP contribution in [0.1, 0.15) is 30.0 Å². The second-order valence-corrected chi connectivity index (χ2v) is 4.58. The van der Waals surface area contributed by atoms with Crippen molar-refractivity contribution >= 4 is 11.6 Å². The fraction of sp³-hybridized carbons (Fsp3) is 0.385. The summed E-state index contributed by atoms with van der Waals surface area (Å²) in [4.78, 5) is 0. The van der Waals surface area contributed by atoms with E-state index in [1.165, 1.54) is 0 Å². The Morgan fingerprint density at radius 1 is 1.44 bits per heavy atom. The summed E-state index contributed by atoms with van der Waals surface area (Å²) in [5.41, 5.74) is 9.65. The van der Waals surface area contributed by atoms with Gasteiger partial charge in [-0.3, -0.25) is 0 Å². The van der Waals surface area contributed by atoms with Crippen molar-refractivity contribution in [2.45, 2.75) is 25.8 Å². The Hall–Kier alpha value is -0.990. The first-order valence-electron chi connectivity index (χ1n) is 5.50. The Morgan fingerprint density at radius 3 is 2.88 bits per heavy atom. The van der Waals surface area contributed by atoms with Crippen LogP contribution in [0.15, 0.2) is 30.0 Å². The predicted octanol–water partition coefficient (Wildman–Crippen LogP) is 3.34. The van der Waals surface area contributed by atoms with Gasteiger partial charge in [-0.1, -0.05) is 17.7 Å². The number of hydrogen-bond acceptors (Lipinski definition) is 2. The van der Waals surface area contributed by atoms with Gasteiger partial charge in [0.05, 0.1) is 18.9 Å². The minimum atomic E-state index is -0.0717. The molecule has 0 aliphatic carbocycles. The molecule has 1 aromatic carbocycles. The summed E-state index contributed by atoms with van der Waals surface area (Å²) in [5, 5.41) is 0.752. The molecule has 0 bridgehead atoms. The Balaban J connectivity index is 2.26. The molecule has 1 unspecified atom stereocenters. The molecule has 0 radical (unpaired) electrons. The van der Waals surface area contributed by atoms with Crippen LogP contribution in [-0.2, 0) is 4.74 Å². The van der Waals surface area contributed by atoms with Gasteiger partial charge in [0.2, 0.25) is 0 Å². The largest absolute Gasteiger partial charge is 0.501 e. The van der Waals surface area contributed by atoms with Crippen LogP contribution in [0.5, 0.6) is 0 Å². The third-order valence-electron chi connectivity index (χ3n) is 2.93. The smallest absolute Gasteiger partial charge is 0.0876 e. The van der Waals surface area contributed by atoms with Gasteiger partial charge in [-0.25, -0.2) is 0 Å². The molecule has 0 saturated heterocycles. The van der Waals surface area contributed by atoms with Crippen molar-refractivity contribution in [2.75, 3.05) is 6.61 Å². The first kappa shape index (κ1) is 11.5. The molecule has 16 heavy (non-hydrogen) atoms. The Kier molecular flexibility index (Phi) is 3.52. The fourth-order valence-electron chi connectivity index (χ4n) is 2.00. The average Bonchev–Trinajstić information content (AvgIpc) is 2.29. The van der Waals surface area contributed by atoms with Gasteiger partial charge in [0, 0.05) is 5.02 Å². The van der Waals surface area contributed by atoms with Crippen molar-refractivity contribution in [1.82, 2.24) is 0 Å². The molecule has 0 amide bonds. The molecule has 2 N–H and O–H groups in total. The zero-order valence-corrected chi connectivity index (χ0v) is 10.1. The van der Waals surface area contributed by atoms with Gasteiger partial charge in [-0.15, -0.1) is 0 Å². The maximum absolute atomic E-state index is 6.23. The van der Waals surface area contributed by atoms with Crippen LogP contribution in [-0.4, -0.2) is 6.61 Å². The van der Waals surface area contributed by atoms with Gasteiger partial charge in [0.25, 0.3) is 0 Å². The van der Waals surface area contributed by atoms with Gasteiger partial charge in [-0.05, 0) is 48.6 Å². The van der Waals surface area contributed by atoms with Crippen molar-refractivity contribution in [2.24, 2.45) is 5.73 Å². The van der Waals surface area contributed by atoms with E-state index in [9.17, 15) is 0 Å². The standard InChI is InChI=1S/C13H16ClNO/c1-9-7-11(14)4-5-12(9)13(15)10-3-2-6-16-8-10/h4-5,7-8,13H,2-3,6,15H2,1H3. The summed E-state index contributed by atoms with van der Waals surface area (Å²) in [5.74, 6) is 0. The summed E-state index contributed by atoms with van der Waals surface area (Å²) in [6.07, 6.45) is 3.87. The van der Waals surface area contributed by atoms with E-state index in [1.807, 2.05) is 31.4 Å². The van der Waals surface area contributed by atoms with E-state index in [2.05, 4.69) is 0 Å². The van der Waals surface area contributed by atoms with Crippen molar-refractivity contribution in [3.63, 3.8) is 0 Å². The lowest BCUT2D eigenvalue weighted by atomic mass is 9.93. The van der Waals surface area contributed by atoms with Crippen LogP contribution in [0.25, 0.3) is 0 Å². The van der Waals surface area contributed by atoms with Crippen LogP contribution in [0.2, 0.25) is 5.02 Å². The summed E-state index contributed by atoms with van der Waals surface area (Å²) >= 11 is 5.93. The fourth-order valence-corrected chi connectivity index (χ4v) is 2.23. The molecule has 0 spiro atoms. The molecule has 0 fully saturated rings. The summed E-state index contributed by atoms with van der Waals surface area (Å²) < 4.78 is 5.32. The second-order valence-electron chi connectivity index (χ2n) is 4.15. The van der Waals surface area contributed by atoms with Crippen molar-refractivity contribution in [3.8, 4) is 0 Å². The zero-order valence-electron chi connectivity index (χ0n) is 9.37. The first-order chi connectivity index (χ1) is 7.68. The number of halogens is 1. The van der Waals surface area contributed by atoms with Gasteiger partial charge in [0.1, 0.15) is 0 Å². The maximum atomic E-state index is 6.23. The third-order valence-corrected chi connectivity index (χ3v) is 3.16. The molecular formula is C13H16ClNO. The highest BCUT2D eigenvalue weighted by molar-refractivity contribution is 6.30. The zero-order chi connectivity index (χ0) is 11.5. The number of hydrogen-bond donors (Lipinski definition) is 1. The normalized spacial score (nSPS) is 17.6. The van der Waals surface area contributed by atoms with Crippen LogP contribution in [0.4, 0.5) is 0 Å². The quantitative estimate of drug-likeness (QED) is 0.856. The van der Waals surface area contributed by atoms with Crippen LogP contribution < -0.4 is 5.73 Å². The van der Waals surface area contributed by atoms with Gasteiger partial charge >= 0.3 is 0 Å². The molecule has 1 atom stereocenters. The number of rotatable bonds is 2. The number of benzene rings is 1. The van der Waals surface area contributed by atoms with Crippen molar-refractivity contribution in [1.29, 1.82) is 0 Å². The van der Waals surface area contributed by atoms with E-state index < -0.39 is 0 Å². The van der Waals surface area contributed by atoms with Gasteiger partial charge in [-0.2, -0.15) is 0 Å². The highest BCUT2D eigenvalue weighted by atomic mass is 35.5. The van der Waals surface area contributed by atoms with Gasteiger partial charge in [0.15, 0.2) is 0 Å². The molecule has 1 aromatic rings. The second kappa shape index (κ2) is 4.89. The summed E-state index contributed by atoms with van der Waals surface area (Å²) in [7, 11) is 0. The monoisotopic (exact) mass is 237 g/mol. The van der Waals surface area contributed by atoms with E-state index in [4.69, 9.17) is 22.1 Å². The van der Waals surface area contributed by atoms with Crippen LogP contribution >= 0.6 is 11.6 Å². The molecular weight excluding hydrogens is 222 g/mol. The van der Waals surface area contributed by atoms with Crippen molar-refractivity contribution < 1.29 is 4.74 Å².